The summed E-state index contributed by atoms with van der Waals surface area (Å²) in [5.41, 5.74) is 0.552. The van der Waals surface area contributed by atoms with Gasteiger partial charge in [0, 0.05) is 38.3 Å². The van der Waals surface area contributed by atoms with E-state index in [4.69, 9.17) is 0 Å². The Bertz CT molecular complexity index is 501. The van der Waals surface area contributed by atoms with E-state index in [-0.39, 0.29) is 17.9 Å². The molecule has 0 radical (unpaired) electrons. The highest BCUT2D eigenvalue weighted by atomic mass is 16.2. The van der Waals surface area contributed by atoms with Crippen molar-refractivity contribution in [3.63, 3.8) is 0 Å². The lowest BCUT2D eigenvalue weighted by molar-refractivity contribution is -0.129. The molecule has 2 rings (SSSR count). The molecule has 0 aromatic carbocycles. The molecular weight excluding hydrogens is 268 g/mol. The molecule has 0 bridgehead atoms. The molecule has 0 spiro atoms. The average Bonchev–Trinajstić information content (AvgIpc) is 2.96. The normalized spacial score (nSPS) is 17.6. The summed E-state index contributed by atoms with van der Waals surface area (Å²) in [7, 11) is 0. The van der Waals surface area contributed by atoms with Crippen molar-refractivity contribution in [3.05, 3.63) is 23.9 Å². The van der Waals surface area contributed by atoms with Crippen LogP contribution in [0.4, 0.5) is 5.82 Å². The third-order valence-corrected chi connectivity index (χ3v) is 3.56. The molecule has 6 heteroatoms. The van der Waals surface area contributed by atoms with Crippen LogP contribution in [-0.2, 0) is 4.79 Å². The van der Waals surface area contributed by atoms with Gasteiger partial charge in [-0.1, -0.05) is 6.92 Å². The lowest BCUT2D eigenvalue weighted by Crippen LogP contribution is -2.31. The van der Waals surface area contributed by atoms with Crippen LogP contribution in [-0.4, -0.2) is 47.4 Å². The standard InChI is InChI=1S/C15H22N4O2/c1-3-14(20)19-8-7-12(10-19)18-13-6-5-11(9-17-13)15(21)16-4-2/h5-6,9,12H,3-4,7-8,10H2,1-2H3,(H,16,21)(H,17,18). The van der Waals surface area contributed by atoms with Gasteiger partial charge in [0.05, 0.1) is 5.56 Å². The zero-order chi connectivity index (χ0) is 15.2. The summed E-state index contributed by atoms with van der Waals surface area (Å²) in [6.45, 7) is 5.87. The van der Waals surface area contributed by atoms with E-state index in [0.29, 0.717) is 25.1 Å². The maximum absolute atomic E-state index is 11.6. The first-order valence-corrected chi connectivity index (χ1v) is 7.42. The molecule has 2 amide bonds. The molecule has 1 aromatic rings. The number of aromatic nitrogens is 1. The maximum Gasteiger partial charge on any atom is 0.252 e. The Morgan fingerprint density at radius 1 is 1.38 bits per heavy atom. The monoisotopic (exact) mass is 290 g/mol. The van der Waals surface area contributed by atoms with E-state index in [1.807, 2.05) is 18.7 Å². The number of carbonyl (C=O) groups excluding carboxylic acids is 2. The van der Waals surface area contributed by atoms with Crippen molar-refractivity contribution in [2.75, 3.05) is 25.0 Å². The Morgan fingerprint density at radius 2 is 2.19 bits per heavy atom. The number of anilines is 1. The smallest absolute Gasteiger partial charge is 0.252 e. The second-order valence-corrected chi connectivity index (χ2v) is 5.11. The van der Waals surface area contributed by atoms with E-state index in [1.54, 1.807) is 18.3 Å². The van der Waals surface area contributed by atoms with Crippen LogP contribution in [0.2, 0.25) is 0 Å². The predicted molar refractivity (Wildman–Crippen MR) is 81.1 cm³/mol. The third kappa shape index (κ3) is 3.93. The maximum atomic E-state index is 11.6. The van der Waals surface area contributed by atoms with E-state index in [0.717, 1.165) is 18.8 Å². The fourth-order valence-electron chi connectivity index (χ4n) is 2.41. The van der Waals surface area contributed by atoms with E-state index in [2.05, 4.69) is 15.6 Å². The van der Waals surface area contributed by atoms with Gasteiger partial charge >= 0.3 is 0 Å². The number of carbonyl (C=O) groups is 2. The molecule has 1 fully saturated rings. The molecule has 114 valence electrons. The molecule has 1 saturated heterocycles. The Balaban J connectivity index is 1.89. The molecule has 6 nitrogen and oxygen atoms in total. The van der Waals surface area contributed by atoms with Crippen LogP contribution in [0.15, 0.2) is 18.3 Å². The first kappa shape index (κ1) is 15.3. The van der Waals surface area contributed by atoms with Crippen molar-refractivity contribution < 1.29 is 9.59 Å². The Labute approximate surface area is 124 Å². The molecule has 2 heterocycles. The molecule has 1 aromatic heterocycles. The fraction of sp³-hybridized carbons (Fsp3) is 0.533. The topological polar surface area (TPSA) is 74.3 Å². The largest absolute Gasteiger partial charge is 0.365 e. The summed E-state index contributed by atoms with van der Waals surface area (Å²) in [5.74, 6) is 0.815. The minimum atomic E-state index is -0.114. The molecule has 2 N–H and O–H groups in total. The van der Waals surface area contributed by atoms with Gasteiger partial charge in [-0.25, -0.2) is 4.98 Å². The van der Waals surface area contributed by atoms with Gasteiger partial charge in [0.15, 0.2) is 0 Å². The molecular formula is C15H22N4O2. The zero-order valence-electron chi connectivity index (χ0n) is 12.6. The molecule has 0 saturated carbocycles. The minimum Gasteiger partial charge on any atom is -0.365 e. The number of hydrogen-bond acceptors (Lipinski definition) is 4. The van der Waals surface area contributed by atoms with Crippen molar-refractivity contribution in [3.8, 4) is 0 Å². The highest BCUT2D eigenvalue weighted by Crippen LogP contribution is 2.15. The van der Waals surface area contributed by atoms with Gasteiger partial charge in [-0.05, 0) is 25.5 Å². The van der Waals surface area contributed by atoms with Crippen LogP contribution in [0.3, 0.4) is 0 Å². The van der Waals surface area contributed by atoms with Crippen LogP contribution in [0.25, 0.3) is 0 Å². The number of nitrogens with zero attached hydrogens (tertiary/aromatic N) is 2. The van der Waals surface area contributed by atoms with Crippen molar-refractivity contribution in [1.29, 1.82) is 0 Å². The van der Waals surface area contributed by atoms with Crippen LogP contribution in [0.1, 0.15) is 37.0 Å². The predicted octanol–water partition coefficient (Wildman–Crippen LogP) is 1.25. The molecule has 1 aliphatic heterocycles. The van der Waals surface area contributed by atoms with Crippen LogP contribution in [0.5, 0.6) is 0 Å². The van der Waals surface area contributed by atoms with Gasteiger partial charge < -0.3 is 15.5 Å². The van der Waals surface area contributed by atoms with Crippen molar-refractivity contribution in [2.45, 2.75) is 32.7 Å². The van der Waals surface area contributed by atoms with Gasteiger partial charge in [-0.2, -0.15) is 0 Å². The first-order valence-electron chi connectivity index (χ1n) is 7.42. The molecule has 1 atom stereocenters. The van der Waals surface area contributed by atoms with Crippen LogP contribution < -0.4 is 10.6 Å². The molecule has 1 aliphatic rings. The summed E-state index contributed by atoms with van der Waals surface area (Å²) in [6.07, 6.45) is 3.04. The Morgan fingerprint density at radius 3 is 2.81 bits per heavy atom. The number of pyridine rings is 1. The van der Waals surface area contributed by atoms with E-state index < -0.39 is 0 Å². The Hall–Kier alpha value is -2.11. The quantitative estimate of drug-likeness (QED) is 0.856. The number of rotatable bonds is 5. The SMILES string of the molecule is CCNC(=O)c1ccc(NC2CCN(C(=O)CC)C2)nc1. The van der Waals surface area contributed by atoms with Gasteiger partial charge in [-0.15, -0.1) is 0 Å². The van der Waals surface area contributed by atoms with E-state index >= 15 is 0 Å². The number of likely N-dealkylation sites (tertiary alicyclic amines) is 1. The highest BCUT2D eigenvalue weighted by molar-refractivity contribution is 5.93. The second kappa shape index (κ2) is 7.06. The molecule has 0 aliphatic carbocycles. The van der Waals surface area contributed by atoms with Crippen molar-refractivity contribution >= 4 is 17.6 Å². The van der Waals surface area contributed by atoms with Gasteiger partial charge in [0.2, 0.25) is 5.91 Å². The minimum absolute atomic E-state index is 0.114. The summed E-state index contributed by atoms with van der Waals surface area (Å²) in [4.78, 5) is 29.4. The Kier molecular flexibility index (Phi) is 5.14. The third-order valence-electron chi connectivity index (χ3n) is 3.56. The highest BCUT2D eigenvalue weighted by Gasteiger charge is 2.25. The average molecular weight is 290 g/mol. The molecule has 1 unspecified atom stereocenters. The summed E-state index contributed by atoms with van der Waals surface area (Å²) in [6, 6.07) is 3.78. The fourth-order valence-corrected chi connectivity index (χ4v) is 2.41. The lowest BCUT2D eigenvalue weighted by Gasteiger charge is -2.16. The van der Waals surface area contributed by atoms with E-state index in [9.17, 15) is 9.59 Å². The van der Waals surface area contributed by atoms with Gasteiger partial charge in [0.1, 0.15) is 5.82 Å². The van der Waals surface area contributed by atoms with Gasteiger partial charge in [-0.3, -0.25) is 9.59 Å². The second-order valence-electron chi connectivity index (χ2n) is 5.11. The number of hydrogen-bond donors (Lipinski definition) is 2. The van der Waals surface area contributed by atoms with Crippen LogP contribution in [0, 0.1) is 0 Å². The summed E-state index contributed by atoms with van der Waals surface area (Å²) >= 11 is 0. The zero-order valence-corrected chi connectivity index (χ0v) is 12.6. The van der Waals surface area contributed by atoms with Crippen molar-refractivity contribution in [1.82, 2.24) is 15.2 Å². The lowest BCUT2D eigenvalue weighted by atomic mass is 10.2. The first-order chi connectivity index (χ1) is 10.1. The van der Waals surface area contributed by atoms with E-state index in [1.165, 1.54) is 0 Å². The van der Waals surface area contributed by atoms with Crippen molar-refractivity contribution in [2.24, 2.45) is 0 Å². The number of amides is 2. The van der Waals surface area contributed by atoms with Gasteiger partial charge in [0.25, 0.3) is 5.91 Å². The molecule has 21 heavy (non-hydrogen) atoms. The number of nitrogens with one attached hydrogen (secondary N) is 2. The van der Waals surface area contributed by atoms with Crippen LogP contribution >= 0.6 is 0 Å². The summed E-state index contributed by atoms with van der Waals surface area (Å²) < 4.78 is 0. The summed E-state index contributed by atoms with van der Waals surface area (Å²) in [5, 5.41) is 6.05.